The third kappa shape index (κ3) is 4.21. The van der Waals surface area contributed by atoms with E-state index in [1.165, 1.54) is 5.56 Å². The molecule has 4 heteroatoms. The summed E-state index contributed by atoms with van der Waals surface area (Å²) in [6, 6.07) is 12.4. The molecule has 3 nitrogen and oxygen atoms in total. The molecule has 0 atom stereocenters. The first-order valence-electron chi connectivity index (χ1n) is 6.91. The zero-order valence-electron chi connectivity index (χ0n) is 12.1. The Morgan fingerprint density at radius 1 is 1.29 bits per heavy atom. The van der Waals surface area contributed by atoms with Crippen LogP contribution in [0.1, 0.15) is 23.1 Å². The van der Waals surface area contributed by atoms with Gasteiger partial charge in [0.1, 0.15) is 0 Å². The SMILES string of the molecule is Cc1cc(CCl)ccc1N(CCC#N)Cc1cccnc1. The van der Waals surface area contributed by atoms with E-state index in [4.69, 9.17) is 16.9 Å². The lowest BCUT2D eigenvalue weighted by molar-refractivity contribution is 0.792. The number of nitrogens with zero attached hydrogens (tertiary/aromatic N) is 3. The standard InChI is InChI=1S/C17H18ClN3/c1-14-10-15(11-18)5-6-17(14)21(9-3-7-19)13-16-4-2-8-20-12-16/h2,4-6,8,10,12H,3,9,11,13H2,1H3. The molecule has 0 fully saturated rings. The fourth-order valence-corrected chi connectivity index (χ4v) is 2.50. The first-order valence-corrected chi connectivity index (χ1v) is 7.44. The van der Waals surface area contributed by atoms with Crippen molar-refractivity contribution in [2.75, 3.05) is 11.4 Å². The lowest BCUT2D eigenvalue weighted by Gasteiger charge is -2.26. The Labute approximate surface area is 130 Å². The summed E-state index contributed by atoms with van der Waals surface area (Å²) in [7, 11) is 0. The number of pyridine rings is 1. The van der Waals surface area contributed by atoms with Crippen LogP contribution in [-0.4, -0.2) is 11.5 Å². The minimum absolute atomic E-state index is 0.497. The lowest BCUT2D eigenvalue weighted by atomic mass is 10.1. The molecular formula is C17H18ClN3. The molecule has 21 heavy (non-hydrogen) atoms. The molecule has 0 bridgehead atoms. The van der Waals surface area contributed by atoms with Crippen molar-refractivity contribution in [1.29, 1.82) is 5.26 Å². The molecule has 0 aliphatic carbocycles. The maximum atomic E-state index is 8.87. The van der Waals surface area contributed by atoms with E-state index < -0.39 is 0 Å². The average molecular weight is 300 g/mol. The van der Waals surface area contributed by atoms with Gasteiger partial charge in [0.15, 0.2) is 0 Å². The summed E-state index contributed by atoms with van der Waals surface area (Å²) in [5, 5.41) is 8.87. The first-order chi connectivity index (χ1) is 10.2. The van der Waals surface area contributed by atoms with Gasteiger partial charge in [0.25, 0.3) is 0 Å². The predicted molar refractivity (Wildman–Crippen MR) is 86.3 cm³/mol. The molecule has 0 N–H and O–H groups in total. The van der Waals surface area contributed by atoms with Crippen molar-refractivity contribution in [3.63, 3.8) is 0 Å². The Morgan fingerprint density at radius 2 is 2.14 bits per heavy atom. The van der Waals surface area contributed by atoms with Gasteiger partial charge in [-0.05, 0) is 35.7 Å². The Hall–Kier alpha value is -2.05. The van der Waals surface area contributed by atoms with Gasteiger partial charge in [-0.2, -0.15) is 5.26 Å². The summed E-state index contributed by atoms with van der Waals surface area (Å²) in [5.74, 6) is 0.516. The van der Waals surface area contributed by atoms with E-state index in [0.29, 0.717) is 18.8 Å². The molecule has 0 amide bonds. The van der Waals surface area contributed by atoms with Crippen LogP contribution in [0.3, 0.4) is 0 Å². The van der Waals surface area contributed by atoms with Gasteiger partial charge in [-0.3, -0.25) is 4.98 Å². The van der Waals surface area contributed by atoms with E-state index in [-0.39, 0.29) is 0 Å². The second-order valence-electron chi connectivity index (χ2n) is 4.95. The highest BCUT2D eigenvalue weighted by Crippen LogP contribution is 2.24. The number of hydrogen-bond donors (Lipinski definition) is 0. The highest BCUT2D eigenvalue weighted by Gasteiger charge is 2.10. The fourth-order valence-electron chi connectivity index (χ4n) is 2.34. The maximum absolute atomic E-state index is 8.87. The van der Waals surface area contributed by atoms with E-state index in [1.807, 2.05) is 18.3 Å². The number of anilines is 1. The number of alkyl halides is 1. The molecule has 0 aliphatic rings. The van der Waals surface area contributed by atoms with E-state index in [0.717, 1.165) is 23.4 Å². The van der Waals surface area contributed by atoms with Crippen LogP contribution in [0.5, 0.6) is 0 Å². The Morgan fingerprint density at radius 3 is 2.76 bits per heavy atom. The van der Waals surface area contributed by atoms with Gasteiger partial charge in [-0.25, -0.2) is 0 Å². The first kappa shape index (κ1) is 15.3. The van der Waals surface area contributed by atoms with Crippen molar-refractivity contribution in [2.45, 2.75) is 25.8 Å². The van der Waals surface area contributed by atoms with Crippen LogP contribution in [0, 0.1) is 18.3 Å². The second-order valence-corrected chi connectivity index (χ2v) is 5.21. The zero-order valence-corrected chi connectivity index (χ0v) is 12.8. The number of aryl methyl sites for hydroxylation is 1. The Kier molecular flexibility index (Phi) is 5.59. The van der Waals surface area contributed by atoms with Crippen molar-refractivity contribution in [3.05, 3.63) is 59.4 Å². The molecule has 0 saturated carbocycles. The maximum Gasteiger partial charge on any atom is 0.0640 e. The van der Waals surface area contributed by atoms with Crippen molar-refractivity contribution in [3.8, 4) is 6.07 Å². The van der Waals surface area contributed by atoms with Crippen LogP contribution in [-0.2, 0) is 12.4 Å². The molecule has 1 aromatic heterocycles. The highest BCUT2D eigenvalue weighted by molar-refractivity contribution is 6.17. The molecule has 0 unspecified atom stereocenters. The van der Waals surface area contributed by atoms with Gasteiger partial charge in [-0.15, -0.1) is 11.6 Å². The van der Waals surface area contributed by atoms with Crippen molar-refractivity contribution < 1.29 is 0 Å². The quantitative estimate of drug-likeness (QED) is 0.756. The van der Waals surface area contributed by atoms with Crippen LogP contribution in [0.15, 0.2) is 42.7 Å². The van der Waals surface area contributed by atoms with Crippen molar-refractivity contribution in [1.82, 2.24) is 4.98 Å². The average Bonchev–Trinajstić information content (AvgIpc) is 2.52. The summed E-state index contributed by atoms with van der Waals surface area (Å²) in [5.41, 5.74) is 4.56. The van der Waals surface area contributed by atoms with Crippen LogP contribution < -0.4 is 4.90 Å². The highest BCUT2D eigenvalue weighted by atomic mass is 35.5. The lowest BCUT2D eigenvalue weighted by Crippen LogP contribution is -2.24. The molecule has 0 radical (unpaired) electrons. The molecule has 0 spiro atoms. The molecular weight excluding hydrogens is 282 g/mol. The third-order valence-corrected chi connectivity index (χ3v) is 3.65. The number of benzene rings is 1. The summed E-state index contributed by atoms with van der Waals surface area (Å²) >= 11 is 5.88. The fraction of sp³-hybridized carbons (Fsp3) is 0.294. The zero-order chi connectivity index (χ0) is 15.1. The topological polar surface area (TPSA) is 39.9 Å². The van der Waals surface area contributed by atoms with Gasteiger partial charge >= 0.3 is 0 Å². The Bertz CT molecular complexity index is 620. The van der Waals surface area contributed by atoms with Crippen molar-refractivity contribution in [2.24, 2.45) is 0 Å². The number of halogens is 1. The number of hydrogen-bond acceptors (Lipinski definition) is 3. The third-order valence-electron chi connectivity index (χ3n) is 3.35. The van der Waals surface area contributed by atoms with Crippen LogP contribution in [0.2, 0.25) is 0 Å². The molecule has 0 aliphatic heterocycles. The number of rotatable bonds is 6. The predicted octanol–water partition coefficient (Wildman–Crippen LogP) is 4.05. The van der Waals surface area contributed by atoms with E-state index in [9.17, 15) is 0 Å². The van der Waals surface area contributed by atoms with Gasteiger partial charge in [0, 0.05) is 37.1 Å². The van der Waals surface area contributed by atoms with E-state index in [1.54, 1.807) is 6.20 Å². The van der Waals surface area contributed by atoms with Crippen LogP contribution in [0.4, 0.5) is 5.69 Å². The van der Waals surface area contributed by atoms with Crippen LogP contribution >= 0.6 is 11.6 Å². The van der Waals surface area contributed by atoms with E-state index in [2.05, 4.69) is 41.1 Å². The monoisotopic (exact) mass is 299 g/mol. The molecule has 2 aromatic rings. The number of aromatic nitrogens is 1. The summed E-state index contributed by atoms with van der Waals surface area (Å²) < 4.78 is 0. The van der Waals surface area contributed by atoms with Gasteiger partial charge in [0.05, 0.1) is 12.5 Å². The summed E-state index contributed by atoms with van der Waals surface area (Å²) in [6.45, 7) is 3.52. The largest absolute Gasteiger partial charge is 0.366 e. The molecule has 108 valence electrons. The minimum Gasteiger partial charge on any atom is -0.366 e. The van der Waals surface area contributed by atoms with Crippen LogP contribution in [0.25, 0.3) is 0 Å². The van der Waals surface area contributed by atoms with Gasteiger partial charge in [0.2, 0.25) is 0 Å². The number of nitriles is 1. The molecule has 1 aromatic carbocycles. The second kappa shape index (κ2) is 7.66. The van der Waals surface area contributed by atoms with Gasteiger partial charge < -0.3 is 4.90 Å². The Balaban J connectivity index is 2.25. The molecule has 0 saturated heterocycles. The van der Waals surface area contributed by atoms with E-state index >= 15 is 0 Å². The van der Waals surface area contributed by atoms with Gasteiger partial charge in [-0.1, -0.05) is 18.2 Å². The summed E-state index contributed by atoms with van der Waals surface area (Å²) in [4.78, 5) is 6.37. The molecule has 1 heterocycles. The smallest absolute Gasteiger partial charge is 0.0640 e. The van der Waals surface area contributed by atoms with Crippen molar-refractivity contribution >= 4 is 17.3 Å². The normalized spacial score (nSPS) is 10.1. The molecule has 2 rings (SSSR count). The minimum atomic E-state index is 0.497. The summed E-state index contributed by atoms with van der Waals surface area (Å²) in [6.07, 6.45) is 4.13.